The van der Waals surface area contributed by atoms with Crippen LogP contribution in [0.25, 0.3) is 11.8 Å². The molecule has 35 heavy (non-hydrogen) atoms. The molecule has 0 saturated heterocycles. The summed E-state index contributed by atoms with van der Waals surface area (Å²) < 4.78 is 7.03. The fraction of sp³-hybridized carbons (Fsp3) is 0.240. The molecule has 0 amide bonds. The number of nitrogens with zero attached hydrogens (tertiary/aromatic N) is 3. The number of hydrogen-bond acceptors (Lipinski definition) is 7. The topological polar surface area (TPSA) is 84.1 Å². The average molecular weight is 532 g/mol. The highest BCUT2D eigenvalue weighted by Gasteiger charge is 2.31. The van der Waals surface area contributed by atoms with Crippen LogP contribution in [0.15, 0.2) is 51.8 Å². The number of carbonyl (C=O) groups is 1. The summed E-state index contributed by atoms with van der Waals surface area (Å²) >= 11 is 13.3. The van der Waals surface area contributed by atoms with Crippen molar-refractivity contribution in [2.45, 2.75) is 19.9 Å². The van der Waals surface area contributed by atoms with Gasteiger partial charge in [0.1, 0.15) is 11.8 Å². The van der Waals surface area contributed by atoms with Gasteiger partial charge in [-0.3, -0.25) is 9.36 Å². The molecule has 1 aliphatic rings. The van der Waals surface area contributed by atoms with Gasteiger partial charge in [-0.2, -0.15) is 0 Å². The summed E-state index contributed by atoms with van der Waals surface area (Å²) in [6, 6.07) is 10.0. The second kappa shape index (κ2) is 9.89. The van der Waals surface area contributed by atoms with E-state index >= 15 is 0 Å². The van der Waals surface area contributed by atoms with Crippen molar-refractivity contribution < 1.29 is 14.6 Å². The molecular formula is C25H23Cl2N3O4S. The molecule has 1 N–H and O–H groups in total. The van der Waals surface area contributed by atoms with Gasteiger partial charge in [-0.05, 0) is 49.8 Å². The molecule has 0 aliphatic carbocycles. The van der Waals surface area contributed by atoms with Crippen LogP contribution in [-0.2, 0) is 9.53 Å². The summed E-state index contributed by atoms with van der Waals surface area (Å²) in [4.78, 5) is 33.5. The van der Waals surface area contributed by atoms with E-state index < -0.39 is 12.0 Å². The van der Waals surface area contributed by atoms with Gasteiger partial charge in [0.2, 0.25) is 0 Å². The van der Waals surface area contributed by atoms with Crippen molar-refractivity contribution in [2.75, 3.05) is 25.6 Å². The monoisotopic (exact) mass is 531 g/mol. The molecule has 1 atom stereocenters. The maximum Gasteiger partial charge on any atom is 0.338 e. The molecule has 10 heteroatoms. The van der Waals surface area contributed by atoms with Crippen LogP contribution in [0.2, 0.25) is 10.0 Å². The molecule has 4 rings (SSSR count). The number of thiazole rings is 1. The third-order valence-corrected chi connectivity index (χ3v) is 7.10. The summed E-state index contributed by atoms with van der Waals surface area (Å²) in [5, 5.41) is 10.7. The van der Waals surface area contributed by atoms with Crippen LogP contribution in [0.3, 0.4) is 0 Å². The molecule has 0 radical (unpaired) electrons. The quantitative estimate of drug-likeness (QED) is 0.503. The number of phenols is 1. The van der Waals surface area contributed by atoms with Crippen LogP contribution in [0.5, 0.6) is 5.75 Å². The molecule has 0 fully saturated rings. The second-order valence-electron chi connectivity index (χ2n) is 8.10. The van der Waals surface area contributed by atoms with Crippen molar-refractivity contribution in [1.82, 2.24) is 4.57 Å². The molecule has 7 nitrogen and oxygen atoms in total. The number of benzene rings is 2. The van der Waals surface area contributed by atoms with E-state index in [0.717, 1.165) is 22.6 Å². The third-order valence-electron chi connectivity index (χ3n) is 5.61. The number of allylic oxidation sites excluding steroid dienone is 1. The number of anilines is 1. The smallest absolute Gasteiger partial charge is 0.338 e. The van der Waals surface area contributed by atoms with E-state index in [0.29, 0.717) is 31.2 Å². The van der Waals surface area contributed by atoms with Gasteiger partial charge in [0.15, 0.2) is 4.80 Å². The number of esters is 1. The molecule has 3 aromatic rings. The van der Waals surface area contributed by atoms with E-state index in [1.165, 1.54) is 22.8 Å². The molecule has 0 bridgehead atoms. The van der Waals surface area contributed by atoms with E-state index in [4.69, 9.17) is 32.9 Å². The Morgan fingerprint density at radius 3 is 2.57 bits per heavy atom. The lowest BCUT2D eigenvalue weighted by Crippen LogP contribution is -2.35. The number of aromatic nitrogens is 1. The fourth-order valence-electron chi connectivity index (χ4n) is 3.85. The Bertz CT molecular complexity index is 1520. The molecule has 0 spiro atoms. The number of phenolic OH excluding ortho intramolecular Hbond substituents is 1. The number of ether oxygens (including phenoxy) is 1. The van der Waals surface area contributed by atoms with Gasteiger partial charge in [-0.15, -0.1) is 0 Å². The summed E-state index contributed by atoms with van der Waals surface area (Å²) in [5.74, 6) is -0.703. The lowest BCUT2D eigenvalue weighted by Gasteiger charge is -2.23. The molecule has 1 aliphatic heterocycles. The van der Waals surface area contributed by atoms with Crippen LogP contribution < -0.4 is 19.8 Å². The Morgan fingerprint density at radius 1 is 1.26 bits per heavy atom. The highest BCUT2D eigenvalue weighted by Crippen LogP contribution is 2.34. The van der Waals surface area contributed by atoms with Gasteiger partial charge < -0.3 is 14.7 Å². The standard InChI is InChI=1S/C25H23Cl2N3O4S/c1-5-34-24(33)20-13(2)30-23(32)19(11-15-10-16(26)12-18(27)22(15)31)35-25(30)28-21(20)14-6-8-17(9-7-14)29(3)4/h6-12,21,31H,5H2,1-4H3/b19-11-/t21-/m0/s1. The minimum atomic E-state index is -0.634. The van der Waals surface area contributed by atoms with E-state index in [2.05, 4.69) is 0 Å². The zero-order valence-corrected chi connectivity index (χ0v) is 21.8. The van der Waals surface area contributed by atoms with Gasteiger partial charge in [-0.25, -0.2) is 9.79 Å². The van der Waals surface area contributed by atoms with Gasteiger partial charge in [0.25, 0.3) is 5.56 Å². The van der Waals surface area contributed by atoms with Gasteiger partial charge >= 0.3 is 5.97 Å². The predicted molar refractivity (Wildman–Crippen MR) is 140 cm³/mol. The van der Waals surface area contributed by atoms with E-state index in [9.17, 15) is 14.7 Å². The molecule has 2 heterocycles. The summed E-state index contributed by atoms with van der Waals surface area (Å²) in [6.07, 6.45) is 1.51. The zero-order chi connectivity index (χ0) is 25.4. The van der Waals surface area contributed by atoms with E-state index in [-0.39, 0.29) is 22.9 Å². The first-order valence-electron chi connectivity index (χ1n) is 10.8. The Kier molecular flexibility index (Phi) is 7.07. The van der Waals surface area contributed by atoms with Crippen LogP contribution in [0, 0.1) is 0 Å². The Morgan fingerprint density at radius 2 is 1.94 bits per heavy atom. The van der Waals surface area contributed by atoms with E-state index in [1.54, 1.807) is 13.8 Å². The average Bonchev–Trinajstić information content (AvgIpc) is 3.12. The van der Waals surface area contributed by atoms with Crippen LogP contribution in [0.4, 0.5) is 5.69 Å². The van der Waals surface area contributed by atoms with Crippen LogP contribution in [-0.4, -0.2) is 36.3 Å². The number of halogens is 2. The Labute approximate surface area is 215 Å². The molecular weight excluding hydrogens is 509 g/mol. The van der Waals surface area contributed by atoms with Crippen LogP contribution >= 0.6 is 34.5 Å². The predicted octanol–water partition coefficient (Wildman–Crippen LogP) is 3.99. The number of carbonyl (C=O) groups excluding carboxylic acids is 1. The minimum absolute atomic E-state index is 0.0803. The van der Waals surface area contributed by atoms with Gasteiger partial charge in [-0.1, -0.05) is 46.7 Å². The van der Waals surface area contributed by atoms with Crippen molar-refractivity contribution in [3.05, 3.63) is 82.8 Å². The maximum absolute atomic E-state index is 13.3. The van der Waals surface area contributed by atoms with Gasteiger partial charge in [0, 0.05) is 36.1 Å². The van der Waals surface area contributed by atoms with Crippen molar-refractivity contribution in [3.63, 3.8) is 0 Å². The SMILES string of the molecule is CCOC(=O)C1=C(C)n2c(s/c(=C\c3cc(Cl)cc(Cl)c3O)c2=O)=N[C@H]1c1ccc(N(C)C)cc1. The lowest BCUT2D eigenvalue weighted by molar-refractivity contribution is -0.138. The number of hydrogen-bond donors (Lipinski definition) is 1. The summed E-state index contributed by atoms with van der Waals surface area (Å²) in [7, 11) is 3.89. The zero-order valence-electron chi connectivity index (χ0n) is 19.5. The Balaban J connectivity index is 1.94. The largest absolute Gasteiger partial charge is 0.506 e. The van der Waals surface area contributed by atoms with Crippen molar-refractivity contribution in [1.29, 1.82) is 0 Å². The van der Waals surface area contributed by atoms with Gasteiger partial charge in [0.05, 0.1) is 21.7 Å². The first-order chi connectivity index (χ1) is 16.6. The van der Waals surface area contributed by atoms with E-state index in [1.807, 2.05) is 43.3 Å². The summed E-state index contributed by atoms with van der Waals surface area (Å²) in [6.45, 7) is 3.63. The number of aromatic hydroxyl groups is 1. The maximum atomic E-state index is 13.3. The molecule has 182 valence electrons. The lowest BCUT2D eigenvalue weighted by atomic mass is 9.96. The molecule has 0 unspecified atom stereocenters. The summed E-state index contributed by atoms with van der Waals surface area (Å²) in [5.41, 5.74) is 2.50. The van der Waals surface area contributed by atoms with Crippen molar-refractivity contribution in [3.8, 4) is 5.75 Å². The van der Waals surface area contributed by atoms with Crippen LogP contribution in [0.1, 0.15) is 31.0 Å². The number of rotatable bonds is 5. The van der Waals surface area contributed by atoms with Crippen molar-refractivity contribution in [2.24, 2.45) is 4.99 Å². The molecule has 1 aromatic heterocycles. The van der Waals surface area contributed by atoms with Crippen molar-refractivity contribution >= 4 is 58.0 Å². The third kappa shape index (κ3) is 4.74. The first-order valence-corrected chi connectivity index (χ1v) is 12.3. The Hall–Kier alpha value is -3.07. The fourth-order valence-corrected chi connectivity index (χ4v) is 5.39. The highest BCUT2D eigenvalue weighted by atomic mass is 35.5. The minimum Gasteiger partial charge on any atom is -0.506 e. The highest BCUT2D eigenvalue weighted by molar-refractivity contribution is 7.07. The first kappa shape index (κ1) is 25.0. The molecule has 2 aromatic carbocycles. The normalized spacial score (nSPS) is 15.6. The molecule has 0 saturated carbocycles. The second-order valence-corrected chi connectivity index (χ2v) is 9.95. The number of fused-ring (bicyclic) bond motifs is 1.